The minimum Gasteiger partial charge on any atom is -0.207 e. The van der Waals surface area contributed by atoms with E-state index in [2.05, 4.69) is 4.72 Å². The van der Waals surface area contributed by atoms with Gasteiger partial charge in [-0.15, -0.1) is 0 Å². The standard InChI is InChI=1S/C16H20N2O4S3/c19-24(20,17-12-14-8-11-23-13-14)15-4-6-16(7-5-15)25(21,22)18-9-2-1-3-10-18/h4-8,11,13,17H,1-3,9-10,12H2. The molecule has 1 aromatic heterocycles. The van der Waals surface area contributed by atoms with Gasteiger partial charge in [0.05, 0.1) is 9.79 Å². The van der Waals surface area contributed by atoms with Crippen LogP contribution in [0.1, 0.15) is 24.8 Å². The van der Waals surface area contributed by atoms with E-state index in [-0.39, 0.29) is 16.3 Å². The number of hydrogen-bond donors (Lipinski definition) is 1. The zero-order valence-corrected chi connectivity index (χ0v) is 16.0. The second-order valence-corrected chi connectivity index (χ2v) is 10.4. The summed E-state index contributed by atoms with van der Waals surface area (Å²) >= 11 is 1.50. The summed E-state index contributed by atoms with van der Waals surface area (Å²) in [4.78, 5) is 0.187. The Bertz CT molecular complexity index is 899. The Balaban J connectivity index is 1.74. The van der Waals surface area contributed by atoms with Crippen molar-refractivity contribution in [3.8, 4) is 0 Å². The van der Waals surface area contributed by atoms with Gasteiger partial charge >= 0.3 is 0 Å². The summed E-state index contributed by atoms with van der Waals surface area (Å²) in [5.74, 6) is 0. The molecule has 2 aromatic rings. The molecule has 0 amide bonds. The van der Waals surface area contributed by atoms with Gasteiger partial charge < -0.3 is 0 Å². The monoisotopic (exact) mass is 400 g/mol. The third-order valence-electron chi connectivity index (χ3n) is 4.13. The Morgan fingerprint density at radius 3 is 2.16 bits per heavy atom. The highest BCUT2D eigenvalue weighted by Crippen LogP contribution is 2.22. The van der Waals surface area contributed by atoms with Gasteiger partial charge in [0, 0.05) is 19.6 Å². The van der Waals surface area contributed by atoms with Gasteiger partial charge in [0.2, 0.25) is 20.0 Å². The van der Waals surface area contributed by atoms with Gasteiger partial charge in [-0.25, -0.2) is 21.6 Å². The minimum absolute atomic E-state index is 0.0559. The first kappa shape index (κ1) is 18.5. The Morgan fingerprint density at radius 1 is 0.920 bits per heavy atom. The molecule has 1 aliphatic heterocycles. The van der Waals surface area contributed by atoms with Crippen molar-refractivity contribution in [2.45, 2.75) is 35.6 Å². The summed E-state index contributed by atoms with van der Waals surface area (Å²) in [5.41, 5.74) is 0.887. The van der Waals surface area contributed by atoms with Crippen LogP contribution >= 0.6 is 11.3 Å². The summed E-state index contributed by atoms with van der Waals surface area (Å²) in [6.45, 7) is 1.24. The topological polar surface area (TPSA) is 83.5 Å². The lowest BCUT2D eigenvalue weighted by molar-refractivity contribution is 0.346. The van der Waals surface area contributed by atoms with E-state index < -0.39 is 20.0 Å². The summed E-state index contributed by atoms with van der Waals surface area (Å²) < 4.78 is 53.8. The molecule has 1 aliphatic rings. The molecule has 3 rings (SSSR count). The van der Waals surface area contributed by atoms with E-state index in [1.165, 1.54) is 39.9 Å². The Labute approximate surface area is 152 Å². The average Bonchev–Trinajstić information content (AvgIpc) is 3.15. The third kappa shape index (κ3) is 4.29. The van der Waals surface area contributed by atoms with Crippen LogP contribution < -0.4 is 4.72 Å². The first-order valence-electron chi connectivity index (χ1n) is 8.00. The molecule has 1 aromatic carbocycles. The maximum Gasteiger partial charge on any atom is 0.243 e. The SMILES string of the molecule is O=S(=O)(NCc1ccsc1)c1ccc(S(=O)(=O)N2CCCCC2)cc1. The largest absolute Gasteiger partial charge is 0.243 e. The van der Waals surface area contributed by atoms with E-state index in [0.29, 0.717) is 13.1 Å². The van der Waals surface area contributed by atoms with E-state index >= 15 is 0 Å². The van der Waals surface area contributed by atoms with Crippen molar-refractivity contribution in [1.82, 2.24) is 9.03 Å². The highest BCUT2D eigenvalue weighted by Gasteiger charge is 2.26. The number of hydrogen-bond acceptors (Lipinski definition) is 5. The lowest BCUT2D eigenvalue weighted by atomic mass is 10.2. The molecular formula is C16H20N2O4S3. The fourth-order valence-corrected chi connectivity index (χ4v) is 5.90. The molecule has 0 spiro atoms. The summed E-state index contributed by atoms with van der Waals surface area (Å²) in [7, 11) is -7.23. The molecule has 1 saturated heterocycles. The van der Waals surface area contributed by atoms with Crippen LogP contribution in [0.5, 0.6) is 0 Å². The number of rotatable bonds is 6. The van der Waals surface area contributed by atoms with E-state index in [9.17, 15) is 16.8 Å². The molecule has 0 radical (unpaired) electrons. The number of nitrogens with one attached hydrogen (secondary N) is 1. The molecule has 0 saturated carbocycles. The van der Waals surface area contributed by atoms with Crippen LogP contribution in [0.4, 0.5) is 0 Å². The number of nitrogens with zero attached hydrogens (tertiary/aromatic N) is 1. The van der Waals surface area contributed by atoms with Crippen molar-refractivity contribution in [2.24, 2.45) is 0 Å². The van der Waals surface area contributed by atoms with Crippen molar-refractivity contribution in [1.29, 1.82) is 0 Å². The van der Waals surface area contributed by atoms with Gasteiger partial charge in [-0.05, 0) is 59.5 Å². The summed E-state index contributed by atoms with van der Waals surface area (Å²) in [6.07, 6.45) is 2.76. The molecule has 25 heavy (non-hydrogen) atoms. The van der Waals surface area contributed by atoms with E-state index in [0.717, 1.165) is 24.8 Å². The number of sulfonamides is 2. The van der Waals surface area contributed by atoms with Crippen molar-refractivity contribution >= 4 is 31.4 Å². The average molecular weight is 401 g/mol. The number of benzene rings is 1. The van der Waals surface area contributed by atoms with E-state index in [1.807, 2.05) is 16.8 Å². The Hall–Kier alpha value is -1.26. The molecule has 0 bridgehead atoms. The lowest BCUT2D eigenvalue weighted by Crippen LogP contribution is -2.35. The fourth-order valence-electron chi connectivity index (χ4n) is 2.70. The van der Waals surface area contributed by atoms with E-state index in [1.54, 1.807) is 0 Å². The van der Waals surface area contributed by atoms with Gasteiger partial charge in [-0.2, -0.15) is 15.6 Å². The first-order valence-corrected chi connectivity index (χ1v) is 11.9. The van der Waals surface area contributed by atoms with Gasteiger partial charge in [-0.3, -0.25) is 0 Å². The second-order valence-electron chi connectivity index (χ2n) is 5.89. The summed E-state index contributed by atoms with van der Waals surface area (Å²) in [5, 5.41) is 3.75. The van der Waals surface area contributed by atoms with Gasteiger partial charge in [0.15, 0.2) is 0 Å². The van der Waals surface area contributed by atoms with Gasteiger partial charge in [0.1, 0.15) is 0 Å². The van der Waals surface area contributed by atoms with Crippen LogP contribution in [-0.2, 0) is 26.6 Å². The van der Waals surface area contributed by atoms with Crippen LogP contribution in [0.15, 0.2) is 50.9 Å². The zero-order valence-electron chi connectivity index (χ0n) is 13.6. The third-order valence-corrected chi connectivity index (χ3v) is 8.20. The van der Waals surface area contributed by atoms with E-state index in [4.69, 9.17) is 0 Å². The van der Waals surface area contributed by atoms with Crippen LogP contribution in [0.2, 0.25) is 0 Å². The number of thiophene rings is 1. The molecule has 1 N–H and O–H groups in total. The van der Waals surface area contributed by atoms with Crippen LogP contribution in [0.25, 0.3) is 0 Å². The maximum atomic E-state index is 12.6. The maximum absolute atomic E-state index is 12.6. The second kappa shape index (κ2) is 7.55. The van der Waals surface area contributed by atoms with Gasteiger partial charge in [-0.1, -0.05) is 6.42 Å². The first-order chi connectivity index (χ1) is 11.9. The quantitative estimate of drug-likeness (QED) is 0.807. The van der Waals surface area contributed by atoms with Crippen molar-refractivity contribution in [2.75, 3.05) is 13.1 Å². The molecule has 1 fully saturated rings. The van der Waals surface area contributed by atoms with Crippen molar-refractivity contribution < 1.29 is 16.8 Å². The molecule has 136 valence electrons. The highest BCUT2D eigenvalue weighted by molar-refractivity contribution is 7.89. The summed E-state index contributed by atoms with van der Waals surface area (Å²) in [6, 6.07) is 7.26. The molecule has 6 nitrogen and oxygen atoms in total. The minimum atomic E-state index is -3.68. The molecule has 0 aliphatic carbocycles. The fraction of sp³-hybridized carbons (Fsp3) is 0.375. The predicted molar refractivity (Wildman–Crippen MR) is 97.4 cm³/mol. The van der Waals surface area contributed by atoms with Gasteiger partial charge in [0.25, 0.3) is 0 Å². The Morgan fingerprint density at radius 2 is 1.56 bits per heavy atom. The number of piperidine rings is 1. The molecule has 9 heteroatoms. The van der Waals surface area contributed by atoms with Crippen LogP contribution in [-0.4, -0.2) is 34.2 Å². The normalized spacial score (nSPS) is 16.8. The van der Waals surface area contributed by atoms with Crippen LogP contribution in [0.3, 0.4) is 0 Å². The molecule has 0 atom stereocenters. The highest BCUT2D eigenvalue weighted by atomic mass is 32.2. The molecular weight excluding hydrogens is 380 g/mol. The molecule has 0 unspecified atom stereocenters. The van der Waals surface area contributed by atoms with Crippen LogP contribution in [0, 0.1) is 0 Å². The van der Waals surface area contributed by atoms with Crippen molar-refractivity contribution in [3.05, 3.63) is 46.7 Å². The zero-order chi connectivity index (χ0) is 17.9. The smallest absolute Gasteiger partial charge is 0.207 e. The van der Waals surface area contributed by atoms with Crippen molar-refractivity contribution in [3.63, 3.8) is 0 Å². The lowest BCUT2D eigenvalue weighted by Gasteiger charge is -2.25. The molecule has 2 heterocycles. The Kier molecular flexibility index (Phi) is 5.59. The predicted octanol–water partition coefficient (Wildman–Crippen LogP) is 2.40.